The van der Waals surface area contributed by atoms with Crippen LogP contribution in [0.25, 0.3) is 10.8 Å². The van der Waals surface area contributed by atoms with Crippen molar-refractivity contribution < 1.29 is 18.0 Å². The summed E-state index contributed by atoms with van der Waals surface area (Å²) in [7, 11) is 0. The molecular formula is C20H23F3N2O. The second-order valence-electron chi connectivity index (χ2n) is 7.92. The first kappa shape index (κ1) is 18.7. The Morgan fingerprint density at radius 1 is 1.04 bits per heavy atom. The van der Waals surface area contributed by atoms with Gasteiger partial charge in [-0.1, -0.05) is 44.2 Å². The van der Waals surface area contributed by atoms with Gasteiger partial charge in [0.1, 0.15) is 6.04 Å². The lowest BCUT2D eigenvalue weighted by Crippen LogP contribution is -2.43. The van der Waals surface area contributed by atoms with Crippen LogP contribution >= 0.6 is 0 Å². The number of benzene rings is 2. The summed E-state index contributed by atoms with van der Waals surface area (Å²) in [5, 5.41) is 2.67. The number of hydrazine groups is 1. The molecule has 1 amide bonds. The minimum Gasteiger partial charge on any atom is -0.287 e. The Balaban J connectivity index is 2.06. The van der Waals surface area contributed by atoms with E-state index in [2.05, 4.69) is 5.43 Å². The van der Waals surface area contributed by atoms with E-state index in [-0.39, 0.29) is 12.1 Å². The molecule has 6 heteroatoms. The first-order chi connectivity index (χ1) is 12.0. The predicted octanol–water partition coefficient (Wildman–Crippen LogP) is 4.94. The number of hydrogen-bond acceptors (Lipinski definition) is 2. The third-order valence-electron chi connectivity index (χ3n) is 4.92. The number of halogens is 3. The zero-order valence-electron chi connectivity index (χ0n) is 15.3. The Morgan fingerprint density at radius 2 is 1.62 bits per heavy atom. The maximum atomic E-state index is 13.9. The van der Waals surface area contributed by atoms with Crippen molar-refractivity contribution in [2.75, 3.05) is 6.54 Å². The zero-order valence-corrected chi connectivity index (χ0v) is 15.3. The molecule has 3 nitrogen and oxygen atoms in total. The molecule has 1 N–H and O–H groups in total. The van der Waals surface area contributed by atoms with Crippen LogP contribution in [0.15, 0.2) is 36.4 Å². The smallest absolute Gasteiger partial charge is 0.287 e. The van der Waals surface area contributed by atoms with E-state index < -0.39 is 23.5 Å². The summed E-state index contributed by atoms with van der Waals surface area (Å²) in [6.07, 6.45) is -4.50. The molecule has 0 aliphatic carbocycles. The van der Waals surface area contributed by atoms with Gasteiger partial charge >= 0.3 is 6.18 Å². The number of alkyl halides is 3. The van der Waals surface area contributed by atoms with Gasteiger partial charge in [-0.05, 0) is 47.7 Å². The van der Waals surface area contributed by atoms with E-state index in [1.54, 1.807) is 26.0 Å². The Hall–Kier alpha value is -2.08. The molecule has 26 heavy (non-hydrogen) atoms. The van der Waals surface area contributed by atoms with E-state index >= 15 is 0 Å². The largest absolute Gasteiger partial charge is 0.409 e. The number of rotatable bonds is 3. The molecule has 0 spiro atoms. The second kappa shape index (κ2) is 6.27. The molecule has 1 saturated heterocycles. The third-order valence-corrected chi connectivity index (χ3v) is 4.92. The number of nitrogens with zero attached hydrogens (tertiary/aromatic N) is 1. The first-order valence-electron chi connectivity index (χ1n) is 8.67. The van der Waals surface area contributed by atoms with Crippen molar-refractivity contribution in [3.63, 3.8) is 0 Å². The number of carbonyl (C=O) groups excluding carboxylic acids is 1. The lowest BCUT2D eigenvalue weighted by atomic mass is 9.93. The van der Waals surface area contributed by atoms with Crippen LogP contribution in [-0.2, 0) is 4.79 Å². The van der Waals surface area contributed by atoms with Crippen LogP contribution in [0.2, 0.25) is 0 Å². The number of amides is 1. The van der Waals surface area contributed by atoms with E-state index in [4.69, 9.17) is 0 Å². The van der Waals surface area contributed by atoms with Gasteiger partial charge in [-0.2, -0.15) is 13.2 Å². The van der Waals surface area contributed by atoms with Crippen LogP contribution in [0.4, 0.5) is 13.2 Å². The van der Waals surface area contributed by atoms with Gasteiger partial charge in [0, 0.05) is 6.54 Å². The van der Waals surface area contributed by atoms with Crippen molar-refractivity contribution in [1.29, 1.82) is 0 Å². The Kier molecular flexibility index (Phi) is 4.51. The number of carbonyl (C=O) groups is 1. The van der Waals surface area contributed by atoms with Crippen LogP contribution in [-0.4, -0.2) is 23.6 Å². The summed E-state index contributed by atoms with van der Waals surface area (Å²) in [5.74, 6) is -0.102. The molecule has 1 fully saturated rings. The van der Waals surface area contributed by atoms with Crippen molar-refractivity contribution >= 4 is 16.7 Å². The minimum absolute atomic E-state index is 0.0000803. The quantitative estimate of drug-likeness (QED) is 0.837. The Bertz CT molecular complexity index is 843. The fourth-order valence-corrected chi connectivity index (χ4v) is 3.33. The SMILES string of the molecule is CC(C)c1ccc2ccc(C(N3CC(C)(C)C(=O)N3)C(F)(F)F)cc2c1. The van der Waals surface area contributed by atoms with E-state index in [0.29, 0.717) is 5.92 Å². The molecule has 0 bridgehead atoms. The van der Waals surface area contributed by atoms with Gasteiger partial charge in [-0.25, -0.2) is 5.01 Å². The molecule has 1 aliphatic heterocycles. The number of nitrogens with one attached hydrogen (secondary N) is 1. The van der Waals surface area contributed by atoms with Crippen LogP contribution in [0.1, 0.15) is 50.8 Å². The van der Waals surface area contributed by atoms with Gasteiger partial charge in [0.2, 0.25) is 5.91 Å². The van der Waals surface area contributed by atoms with E-state index in [9.17, 15) is 18.0 Å². The van der Waals surface area contributed by atoms with Gasteiger partial charge in [-0.15, -0.1) is 0 Å². The molecule has 0 aromatic heterocycles. The molecule has 2 aromatic carbocycles. The van der Waals surface area contributed by atoms with Crippen LogP contribution in [0, 0.1) is 5.41 Å². The van der Waals surface area contributed by atoms with Gasteiger partial charge in [0.05, 0.1) is 5.41 Å². The highest BCUT2D eigenvalue weighted by atomic mass is 19.4. The molecule has 3 rings (SSSR count). The lowest BCUT2D eigenvalue weighted by Gasteiger charge is -2.30. The van der Waals surface area contributed by atoms with Crippen LogP contribution < -0.4 is 5.43 Å². The summed E-state index contributed by atoms with van der Waals surface area (Å²) in [5.41, 5.74) is 2.75. The fourth-order valence-electron chi connectivity index (χ4n) is 3.33. The average Bonchev–Trinajstić information content (AvgIpc) is 2.78. The molecule has 140 valence electrons. The van der Waals surface area contributed by atoms with E-state index in [1.807, 2.05) is 32.0 Å². The van der Waals surface area contributed by atoms with Gasteiger partial charge in [0.25, 0.3) is 0 Å². The zero-order chi connectivity index (χ0) is 19.3. The van der Waals surface area contributed by atoms with Gasteiger partial charge in [0.15, 0.2) is 0 Å². The molecule has 1 aliphatic rings. The summed E-state index contributed by atoms with van der Waals surface area (Å²) in [6, 6.07) is 8.76. The summed E-state index contributed by atoms with van der Waals surface area (Å²) in [4.78, 5) is 12.0. The van der Waals surface area contributed by atoms with E-state index in [1.165, 1.54) is 6.07 Å². The van der Waals surface area contributed by atoms with E-state index in [0.717, 1.165) is 21.3 Å². The van der Waals surface area contributed by atoms with Gasteiger partial charge in [-0.3, -0.25) is 10.2 Å². The standard InChI is InChI=1S/C20H23F3N2O/c1-12(2)14-7-5-13-6-8-15(10-16(13)9-14)17(20(21,22)23)25-11-19(3,4)18(26)24-25/h5-10,12,17H,11H2,1-4H3,(H,24,26). The molecular weight excluding hydrogens is 341 g/mol. The molecule has 0 radical (unpaired) electrons. The Labute approximate surface area is 151 Å². The molecule has 2 aromatic rings. The highest BCUT2D eigenvalue weighted by molar-refractivity contribution is 5.85. The van der Waals surface area contributed by atoms with Crippen molar-refractivity contribution in [3.8, 4) is 0 Å². The van der Waals surface area contributed by atoms with Crippen molar-refractivity contribution in [2.24, 2.45) is 5.41 Å². The van der Waals surface area contributed by atoms with Crippen LogP contribution in [0.3, 0.4) is 0 Å². The maximum absolute atomic E-state index is 13.9. The average molecular weight is 364 g/mol. The molecule has 1 atom stereocenters. The highest BCUT2D eigenvalue weighted by Crippen LogP contribution is 2.41. The maximum Gasteiger partial charge on any atom is 0.409 e. The van der Waals surface area contributed by atoms with Gasteiger partial charge < -0.3 is 0 Å². The summed E-state index contributed by atoms with van der Waals surface area (Å²) in [6.45, 7) is 7.38. The Morgan fingerprint density at radius 3 is 2.12 bits per heavy atom. The predicted molar refractivity (Wildman–Crippen MR) is 95.5 cm³/mol. The number of hydrogen-bond donors (Lipinski definition) is 1. The topological polar surface area (TPSA) is 32.3 Å². The second-order valence-corrected chi connectivity index (χ2v) is 7.92. The fraction of sp³-hybridized carbons (Fsp3) is 0.450. The van der Waals surface area contributed by atoms with Crippen molar-refractivity contribution in [2.45, 2.75) is 45.8 Å². The molecule has 1 unspecified atom stereocenters. The number of fused-ring (bicyclic) bond motifs is 1. The lowest BCUT2D eigenvalue weighted by molar-refractivity contribution is -0.191. The first-order valence-corrected chi connectivity index (χ1v) is 8.67. The normalized spacial score (nSPS) is 19.2. The third kappa shape index (κ3) is 3.43. The van der Waals surface area contributed by atoms with Crippen molar-refractivity contribution in [1.82, 2.24) is 10.4 Å². The minimum atomic E-state index is -4.50. The summed E-state index contributed by atoms with van der Waals surface area (Å²) < 4.78 is 41.6. The monoisotopic (exact) mass is 364 g/mol. The highest BCUT2D eigenvalue weighted by Gasteiger charge is 2.51. The summed E-state index contributed by atoms with van der Waals surface area (Å²) >= 11 is 0. The van der Waals surface area contributed by atoms with Crippen LogP contribution in [0.5, 0.6) is 0 Å². The molecule has 0 saturated carbocycles. The van der Waals surface area contributed by atoms with Crippen molar-refractivity contribution in [3.05, 3.63) is 47.5 Å². The molecule has 1 heterocycles.